The average Bonchev–Trinajstić information content (AvgIpc) is 3.36. The number of hydrogen-bond acceptors (Lipinski definition) is 1. The van der Waals surface area contributed by atoms with Gasteiger partial charge in [-0.15, -0.1) is 11.3 Å². The average molecular weight is 461 g/mol. The Bertz CT molecular complexity index is 1430. The maximum absolute atomic E-state index is 2.36. The van der Waals surface area contributed by atoms with E-state index in [9.17, 15) is 0 Å². The first-order valence-electron chi connectivity index (χ1n) is 12.0. The number of aryl methyl sites for hydroxylation is 7. The van der Waals surface area contributed by atoms with Crippen molar-refractivity contribution in [2.45, 2.75) is 41.5 Å². The Morgan fingerprint density at radius 1 is 0.647 bits per heavy atom. The zero-order chi connectivity index (χ0) is 24.1. The summed E-state index contributed by atoms with van der Waals surface area (Å²) in [4.78, 5) is 1.32. The molecule has 2 heterocycles. The highest BCUT2D eigenvalue weighted by molar-refractivity contribution is 7.29. The number of aromatic nitrogens is 1. The van der Waals surface area contributed by atoms with Crippen molar-refractivity contribution in [1.29, 1.82) is 0 Å². The van der Waals surface area contributed by atoms with Crippen LogP contribution in [0.4, 0.5) is 0 Å². The monoisotopic (exact) mass is 461 g/mol. The van der Waals surface area contributed by atoms with Gasteiger partial charge in [-0.3, -0.25) is 0 Å². The number of rotatable bonds is 4. The van der Waals surface area contributed by atoms with Crippen molar-refractivity contribution in [2.75, 3.05) is 0 Å². The smallest absolute Gasteiger partial charge is 0.255 e. The maximum atomic E-state index is 2.36. The summed E-state index contributed by atoms with van der Waals surface area (Å²) in [5, 5.41) is 1.29. The second kappa shape index (κ2) is 8.63. The molecule has 34 heavy (non-hydrogen) atoms. The minimum atomic E-state index is 0.231. The molecule has 0 N–H and O–H groups in total. The Kier molecular flexibility index (Phi) is 5.77. The van der Waals surface area contributed by atoms with E-state index in [1.54, 1.807) is 0 Å². The predicted molar refractivity (Wildman–Crippen MR) is 152 cm³/mol. The SMILES string of the molecule is Cc1cc(C)c(B(c2ccc(-c3cc4ccccc4n3C)s2)c2c(C)cc(C)cc2C)c(C)c1. The third kappa shape index (κ3) is 3.82. The summed E-state index contributed by atoms with van der Waals surface area (Å²) in [5.74, 6) is 0. The molecule has 0 amide bonds. The van der Waals surface area contributed by atoms with Crippen LogP contribution in [0.3, 0.4) is 0 Å². The van der Waals surface area contributed by atoms with Gasteiger partial charge in [0.1, 0.15) is 0 Å². The lowest BCUT2D eigenvalue weighted by Crippen LogP contribution is -2.54. The minimum Gasteiger partial charge on any atom is -0.343 e. The molecule has 0 radical (unpaired) electrons. The van der Waals surface area contributed by atoms with Gasteiger partial charge in [-0.05, 0) is 64.5 Å². The fraction of sp³-hybridized carbons (Fsp3) is 0.226. The van der Waals surface area contributed by atoms with E-state index in [0.29, 0.717) is 0 Å². The molecular formula is C31H32BNS. The van der Waals surface area contributed by atoms with E-state index in [-0.39, 0.29) is 6.71 Å². The van der Waals surface area contributed by atoms with Crippen LogP contribution in [0.5, 0.6) is 0 Å². The Labute approximate surface area is 208 Å². The summed E-state index contributed by atoms with van der Waals surface area (Å²) in [5.41, 5.74) is 13.6. The number of hydrogen-bond donors (Lipinski definition) is 0. The summed E-state index contributed by atoms with van der Waals surface area (Å²) in [7, 11) is 2.18. The van der Waals surface area contributed by atoms with Crippen molar-refractivity contribution < 1.29 is 0 Å². The summed E-state index contributed by atoms with van der Waals surface area (Å²) >= 11 is 1.94. The minimum absolute atomic E-state index is 0.231. The van der Waals surface area contributed by atoms with Crippen LogP contribution < -0.4 is 15.7 Å². The first kappa shape index (κ1) is 22.7. The molecule has 3 aromatic carbocycles. The van der Waals surface area contributed by atoms with E-state index in [1.165, 1.54) is 70.6 Å². The van der Waals surface area contributed by atoms with Gasteiger partial charge in [0.2, 0.25) is 0 Å². The summed E-state index contributed by atoms with van der Waals surface area (Å²) < 4.78 is 3.73. The Hall–Kier alpha value is -3.04. The molecule has 5 rings (SSSR count). The molecule has 0 unspecified atom stereocenters. The molecule has 0 saturated heterocycles. The number of thiophene rings is 1. The molecule has 5 aromatic rings. The van der Waals surface area contributed by atoms with E-state index in [2.05, 4.69) is 120 Å². The molecule has 0 aliphatic rings. The van der Waals surface area contributed by atoms with E-state index in [1.807, 2.05) is 11.3 Å². The highest BCUT2D eigenvalue weighted by atomic mass is 32.1. The fourth-order valence-electron chi connectivity index (χ4n) is 5.89. The van der Waals surface area contributed by atoms with Crippen LogP contribution >= 0.6 is 11.3 Å². The van der Waals surface area contributed by atoms with Crippen molar-refractivity contribution in [3.05, 3.63) is 100 Å². The number of benzene rings is 3. The molecule has 2 aromatic heterocycles. The number of nitrogens with zero attached hydrogens (tertiary/aromatic N) is 1. The molecule has 1 nitrogen and oxygen atoms in total. The second-order valence-electron chi connectivity index (χ2n) is 9.91. The predicted octanol–water partition coefficient (Wildman–Crippen LogP) is 6.27. The largest absolute Gasteiger partial charge is 0.343 e. The highest BCUT2D eigenvalue weighted by Crippen LogP contribution is 2.30. The van der Waals surface area contributed by atoms with Crippen molar-refractivity contribution in [2.24, 2.45) is 7.05 Å². The number of para-hydroxylation sites is 1. The summed E-state index contributed by atoms with van der Waals surface area (Å²) in [6.07, 6.45) is 0. The van der Waals surface area contributed by atoms with E-state index in [4.69, 9.17) is 0 Å². The number of fused-ring (bicyclic) bond motifs is 1. The van der Waals surface area contributed by atoms with Gasteiger partial charge in [0, 0.05) is 18.0 Å². The van der Waals surface area contributed by atoms with Crippen LogP contribution in [0, 0.1) is 41.5 Å². The zero-order valence-electron chi connectivity index (χ0n) is 21.3. The van der Waals surface area contributed by atoms with Gasteiger partial charge in [0.15, 0.2) is 0 Å². The van der Waals surface area contributed by atoms with Gasteiger partial charge >= 0.3 is 0 Å². The highest BCUT2D eigenvalue weighted by Gasteiger charge is 2.30. The second-order valence-corrected chi connectivity index (χ2v) is 11.0. The molecule has 0 aliphatic carbocycles. The first-order valence-corrected chi connectivity index (χ1v) is 12.9. The summed E-state index contributed by atoms with van der Waals surface area (Å²) in [6, 6.07) is 25.0. The lowest BCUT2D eigenvalue weighted by molar-refractivity contribution is 0.981. The van der Waals surface area contributed by atoms with Crippen LogP contribution in [0.2, 0.25) is 0 Å². The van der Waals surface area contributed by atoms with Gasteiger partial charge in [-0.25, -0.2) is 0 Å². The van der Waals surface area contributed by atoms with Crippen molar-refractivity contribution in [1.82, 2.24) is 4.57 Å². The lowest BCUT2D eigenvalue weighted by Gasteiger charge is -2.23. The zero-order valence-corrected chi connectivity index (χ0v) is 22.1. The molecule has 0 spiro atoms. The van der Waals surface area contributed by atoms with Crippen LogP contribution in [0.15, 0.2) is 66.7 Å². The standard InChI is InChI=1S/C31H32BNS/c1-19-14-21(3)30(22(4)15-19)32(31-23(5)16-20(2)17-24(31)6)29-13-12-28(34-29)27-18-25-10-8-9-11-26(25)33(27)7/h8-18H,1-7H3. The van der Waals surface area contributed by atoms with Crippen LogP contribution in [-0.2, 0) is 7.05 Å². The Balaban J connectivity index is 1.73. The molecule has 0 bridgehead atoms. The first-order chi connectivity index (χ1) is 16.2. The van der Waals surface area contributed by atoms with Gasteiger partial charge in [0.25, 0.3) is 6.71 Å². The van der Waals surface area contributed by atoms with Crippen molar-refractivity contribution in [3.63, 3.8) is 0 Å². The topological polar surface area (TPSA) is 4.93 Å². The molecular weight excluding hydrogens is 429 g/mol. The van der Waals surface area contributed by atoms with Crippen molar-refractivity contribution in [3.8, 4) is 10.6 Å². The molecule has 0 aliphatic heterocycles. The Morgan fingerprint density at radius 3 is 1.71 bits per heavy atom. The molecule has 0 saturated carbocycles. The fourth-order valence-corrected chi connectivity index (χ4v) is 7.07. The van der Waals surface area contributed by atoms with Crippen LogP contribution in [-0.4, -0.2) is 11.3 Å². The normalized spacial score (nSPS) is 11.4. The van der Waals surface area contributed by atoms with Gasteiger partial charge < -0.3 is 4.57 Å². The quantitative estimate of drug-likeness (QED) is 0.278. The van der Waals surface area contributed by atoms with E-state index in [0.717, 1.165) is 0 Å². The van der Waals surface area contributed by atoms with Gasteiger partial charge in [0.05, 0.1) is 10.6 Å². The van der Waals surface area contributed by atoms with Crippen LogP contribution in [0.1, 0.15) is 33.4 Å². The molecule has 0 atom stereocenters. The van der Waals surface area contributed by atoms with Gasteiger partial charge in [-0.2, -0.15) is 0 Å². The van der Waals surface area contributed by atoms with E-state index < -0.39 is 0 Å². The molecule has 3 heteroatoms. The van der Waals surface area contributed by atoms with Crippen LogP contribution in [0.25, 0.3) is 21.5 Å². The lowest BCUT2D eigenvalue weighted by atomic mass is 9.37. The Morgan fingerprint density at radius 2 is 1.18 bits per heavy atom. The third-order valence-corrected chi connectivity index (χ3v) is 8.34. The van der Waals surface area contributed by atoms with E-state index >= 15 is 0 Å². The molecule has 170 valence electrons. The summed E-state index contributed by atoms with van der Waals surface area (Å²) in [6.45, 7) is 13.7. The van der Waals surface area contributed by atoms with Gasteiger partial charge in [-0.1, -0.05) is 92.8 Å². The third-order valence-electron chi connectivity index (χ3n) is 7.17. The molecule has 0 fully saturated rings. The maximum Gasteiger partial charge on any atom is 0.255 e. The van der Waals surface area contributed by atoms with Crippen molar-refractivity contribution >= 4 is 44.7 Å².